The largest absolute Gasteiger partial charge is 0.435 e. The number of carbonyl (C=O) groups is 1. The smallest absolute Gasteiger partial charge is 0.334 e. The van der Waals surface area contributed by atoms with Crippen molar-refractivity contribution in [2.75, 3.05) is 19.6 Å². The molecule has 1 atom stereocenters. The Morgan fingerprint density at radius 1 is 1.36 bits per heavy atom. The second kappa shape index (κ2) is 6.43. The highest BCUT2D eigenvalue weighted by molar-refractivity contribution is 5.93. The van der Waals surface area contributed by atoms with Crippen LogP contribution in [0.2, 0.25) is 0 Å². The van der Waals surface area contributed by atoms with E-state index >= 15 is 0 Å². The molecule has 10 heteroatoms. The van der Waals surface area contributed by atoms with Gasteiger partial charge in [-0.25, -0.2) is 9.07 Å². The molecule has 1 aromatic heterocycles. The number of amides is 1. The van der Waals surface area contributed by atoms with Crippen molar-refractivity contribution in [1.82, 2.24) is 25.2 Å². The number of piperazine rings is 1. The third kappa shape index (κ3) is 3.48. The zero-order chi connectivity index (χ0) is 18.2. The normalized spacial score (nSPS) is 18.4. The van der Waals surface area contributed by atoms with Gasteiger partial charge < -0.3 is 10.2 Å². The summed E-state index contributed by atoms with van der Waals surface area (Å²) in [6.45, 7) is 2.84. The van der Waals surface area contributed by atoms with E-state index in [0.717, 1.165) is 12.1 Å². The lowest BCUT2D eigenvalue weighted by atomic mass is 10.2. The lowest BCUT2D eigenvalue weighted by molar-refractivity contribution is -0.143. The zero-order valence-electron chi connectivity index (χ0n) is 13.2. The molecule has 1 saturated heterocycles. The van der Waals surface area contributed by atoms with Crippen LogP contribution in [0.15, 0.2) is 24.3 Å². The van der Waals surface area contributed by atoms with Crippen molar-refractivity contribution in [3.8, 4) is 5.69 Å². The van der Waals surface area contributed by atoms with Gasteiger partial charge in [0.05, 0.1) is 5.69 Å². The number of benzene rings is 1. The van der Waals surface area contributed by atoms with Gasteiger partial charge in [-0.2, -0.15) is 13.2 Å². The maximum absolute atomic E-state index is 13.6. The van der Waals surface area contributed by atoms with Gasteiger partial charge >= 0.3 is 6.18 Å². The summed E-state index contributed by atoms with van der Waals surface area (Å²) >= 11 is 0. The Kier molecular flexibility index (Phi) is 4.46. The van der Waals surface area contributed by atoms with Crippen LogP contribution in [0, 0.1) is 5.82 Å². The van der Waals surface area contributed by atoms with Gasteiger partial charge in [0.2, 0.25) is 0 Å². The maximum Gasteiger partial charge on any atom is 0.435 e. The number of nitrogens with zero attached hydrogens (tertiary/aromatic N) is 4. The molecule has 1 N–H and O–H groups in total. The molecular formula is C15H15F4N5O. The molecule has 1 aliphatic heterocycles. The number of rotatable bonds is 2. The molecule has 0 unspecified atom stereocenters. The molecule has 1 amide bonds. The molecule has 0 spiro atoms. The number of hydrogen-bond donors (Lipinski definition) is 1. The molecule has 1 aromatic carbocycles. The monoisotopic (exact) mass is 357 g/mol. The first kappa shape index (κ1) is 17.3. The van der Waals surface area contributed by atoms with E-state index in [4.69, 9.17) is 0 Å². The van der Waals surface area contributed by atoms with Gasteiger partial charge in [-0.1, -0.05) is 11.3 Å². The van der Waals surface area contributed by atoms with Crippen molar-refractivity contribution in [2.45, 2.75) is 19.1 Å². The average Bonchev–Trinajstić information content (AvgIpc) is 2.99. The molecule has 0 saturated carbocycles. The van der Waals surface area contributed by atoms with Crippen LogP contribution in [0.1, 0.15) is 23.1 Å². The first-order valence-corrected chi connectivity index (χ1v) is 7.59. The molecular weight excluding hydrogens is 342 g/mol. The zero-order valence-corrected chi connectivity index (χ0v) is 13.2. The van der Waals surface area contributed by atoms with Crippen molar-refractivity contribution in [3.63, 3.8) is 0 Å². The van der Waals surface area contributed by atoms with Crippen LogP contribution in [0.4, 0.5) is 17.6 Å². The van der Waals surface area contributed by atoms with Crippen LogP contribution in [0.25, 0.3) is 5.69 Å². The van der Waals surface area contributed by atoms with Gasteiger partial charge in [0.25, 0.3) is 5.91 Å². The number of halogens is 4. The summed E-state index contributed by atoms with van der Waals surface area (Å²) in [5.41, 5.74) is -2.26. The minimum Gasteiger partial charge on any atom is -0.334 e. The van der Waals surface area contributed by atoms with Crippen molar-refractivity contribution < 1.29 is 22.4 Å². The summed E-state index contributed by atoms with van der Waals surface area (Å²) in [4.78, 5) is 13.8. The van der Waals surface area contributed by atoms with Crippen molar-refractivity contribution in [1.29, 1.82) is 0 Å². The molecule has 6 nitrogen and oxygen atoms in total. The minimum atomic E-state index is -4.87. The standard InChI is InChI=1S/C15H15F4N5O/c1-9-8-23(6-5-20-9)14(25)12-13(15(17,18)19)24(22-21-12)11-4-2-3-10(16)7-11/h2-4,7,9,20H,5-6,8H2,1H3/t9-/m1/s1. The van der Waals surface area contributed by atoms with E-state index in [2.05, 4.69) is 15.6 Å². The Morgan fingerprint density at radius 2 is 2.12 bits per heavy atom. The summed E-state index contributed by atoms with van der Waals surface area (Å²) in [6.07, 6.45) is -4.87. The highest BCUT2D eigenvalue weighted by Crippen LogP contribution is 2.33. The second-order valence-electron chi connectivity index (χ2n) is 5.78. The summed E-state index contributed by atoms with van der Waals surface area (Å²) in [5.74, 6) is -1.56. The Morgan fingerprint density at radius 3 is 2.76 bits per heavy atom. The quantitative estimate of drug-likeness (QED) is 0.834. The highest BCUT2D eigenvalue weighted by Gasteiger charge is 2.43. The lowest BCUT2D eigenvalue weighted by Crippen LogP contribution is -2.51. The second-order valence-corrected chi connectivity index (χ2v) is 5.78. The van der Waals surface area contributed by atoms with Gasteiger partial charge in [-0.15, -0.1) is 5.10 Å². The molecule has 134 valence electrons. The van der Waals surface area contributed by atoms with Gasteiger partial charge in [-0.3, -0.25) is 4.79 Å². The van der Waals surface area contributed by atoms with E-state index in [1.54, 1.807) is 0 Å². The fourth-order valence-corrected chi connectivity index (χ4v) is 2.74. The topological polar surface area (TPSA) is 63.1 Å². The Balaban J connectivity index is 2.04. The molecule has 3 rings (SSSR count). The number of carbonyl (C=O) groups excluding carboxylic acids is 1. The lowest BCUT2D eigenvalue weighted by Gasteiger charge is -2.31. The van der Waals surface area contributed by atoms with Crippen molar-refractivity contribution in [3.05, 3.63) is 41.5 Å². The number of alkyl halides is 3. The third-order valence-corrected chi connectivity index (χ3v) is 3.85. The number of hydrogen-bond acceptors (Lipinski definition) is 4. The Bertz CT molecular complexity index is 788. The maximum atomic E-state index is 13.6. The van der Waals surface area contributed by atoms with E-state index in [1.807, 2.05) is 6.92 Å². The fraction of sp³-hybridized carbons (Fsp3) is 0.400. The molecule has 25 heavy (non-hydrogen) atoms. The summed E-state index contributed by atoms with van der Waals surface area (Å²) in [5, 5.41) is 9.99. The SMILES string of the molecule is C[C@@H]1CN(C(=O)c2nnn(-c3cccc(F)c3)c2C(F)(F)F)CCN1. The van der Waals surface area contributed by atoms with Gasteiger partial charge in [0, 0.05) is 25.7 Å². The van der Waals surface area contributed by atoms with E-state index in [9.17, 15) is 22.4 Å². The van der Waals surface area contributed by atoms with E-state index in [-0.39, 0.29) is 24.8 Å². The molecule has 2 heterocycles. The van der Waals surface area contributed by atoms with Crippen LogP contribution in [0.3, 0.4) is 0 Å². The van der Waals surface area contributed by atoms with Crippen LogP contribution in [0.5, 0.6) is 0 Å². The fourth-order valence-electron chi connectivity index (χ4n) is 2.74. The predicted octanol–water partition coefficient (Wildman–Crippen LogP) is 1.86. The third-order valence-electron chi connectivity index (χ3n) is 3.85. The van der Waals surface area contributed by atoms with Crippen LogP contribution < -0.4 is 5.32 Å². The number of aromatic nitrogens is 3. The average molecular weight is 357 g/mol. The number of nitrogens with one attached hydrogen (secondary N) is 1. The van der Waals surface area contributed by atoms with Crippen molar-refractivity contribution >= 4 is 5.91 Å². The van der Waals surface area contributed by atoms with Crippen LogP contribution in [-0.2, 0) is 6.18 Å². The van der Waals surface area contributed by atoms with Crippen LogP contribution >= 0.6 is 0 Å². The van der Waals surface area contributed by atoms with Crippen molar-refractivity contribution in [2.24, 2.45) is 0 Å². The Labute approximate surface area is 140 Å². The molecule has 2 aromatic rings. The van der Waals surface area contributed by atoms with E-state index < -0.39 is 29.3 Å². The van der Waals surface area contributed by atoms with E-state index in [1.165, 1.54) is 17.0 Å². The molecule has 1 aliphatic rings. The first-order valence-electron chi connectivity index (χ1n) is 7.59. The summed E-state index contributed by atoms with van der Waals surface area (Å²) < 4.78 is 54.5. The molecule has 0 bridgehead atoms. The Hall–Kier alpha value is -2.49. The van der Waals surface area contributed by atoms with Gasteiger partial charge in [0.1, 0.15) is 5.82 Å². The minimum absolute atomic E-state index is 0.0368. The molecule has 0 aliphatic carbocycles. The van der Waals surface area contributed by atoms with Gasteiger partial charge in [0.15, 0.2) is 11.4 Å². The summed E-state index contributed by atoms with van der Waals surface area (Å²) in [7, 11) is 0. The first-order chi connectivity index (χ1) is 11.8. The molecule has 0 radical (unpaired) electrons. The summed E-state index contributed by atoms with van der Waals surface area (Å²) in [6, 6.07) is 4.47. The highest BCUT2D eigenvalue weighted by atomic mass is 19.4. The van der Waals surface area contributed by atoms with Gasteiger partial charge in [-0.05, 0) is 25.1 Å². The van der Waals surface area contributed by atoms with Crippen LogP contribution in [-0.4, -0.2) is 51.5 Å². The van der Waals surface area contributed by atoms with E-state index in [0.29, 0.717) is 11.2 Å². The predicted molar refractivity (Wildman–Crippen MR) is 79.7 cm³/mol. The molecule has 1 fully saturated rings.